The van der Waals surface area contributed by atoms with Crippen LogP contribution >= 0.6 is 11.6 Å². The van der Waals surface area contributed by atoms with E-state index in [0.29, 0.717) is 12.8 Å². The van der Waals surface area contributed by atoms with Gasteiger partial charge in [-0.05, 0) is 67.6 Å². The topological polar surface area (TPSA) is 77.8 Å². The van der Waals surface area contributed by atoms with E-state index in [0.717, 1.165) is 31.2 Å². The molecule has 0 bridgehead atoms. The highest BCUT2D eigenvalue weighted by Gasteiger charge is 2.40. The maximum Gasteiger partial charge on any atom is 0.335 e. The summed E-state index contributed by atoms with van der Waals surface area (Å²) in [5, 5.41) is 29.8. The van der Waals surface area contributed by atoms with Gasteiger partial charge in [0.25, 0.3) is 0 Å². The van der Waals surface area contributed by atoms with E-state index in [-0.39, 0.29) is 34.3 Å². The van der Waals surface area contributed by atoms with Gasteiger partial charge in [0.2, 0.25) is 0 Å². The van der Waals surface area contributed by atoms with Crippen molar-refractivity contribution in [3.8, 4) is 0 Å². The zero-order valence-electron chi connectivity index (χ0n) is 16.4. The van der Waals surface area contributed by atoms with Crippen LogP contribution in [0.25, 0.3) is 0 Å². The highest BCUT2D eigenvalue weighted by molar-refractivity contribution is 6.21. The molecule has 2 fully saturated rings. The Bertz CT molecular complexity index is 695. The second-order valence-corrected chi connectivity index (χ2v) is 9.35. The van der Waals surface area contributed by atoms with Gasteiger partial charge in [0, 0.05) is 11.3 Å². The van der Waals surface area contributed by atoms with Crippen LogP contribution < -0.4 is 0 Å². The zero-order valence-corrected chi connectivity index (χ0v) is 17.2. The number of carboxylic acids is 1. The van der Waals surface area contributed by atoms with Crippen molar-refractivity contribution in [3.05, 3.63) is 47.5 Å². The smallest absolute Gasteiger partial charge is 0.335 e. The molecule has 3 N–H and O–H groups in total. The number of aliphatic hydroxyl groups excluding tert-OH is 2. The third-order valence-corrected chi connectivity index (χ3v) is 7.36. The molecular formula is C23H31ClO4. The molecule has 28 heavy (non-hydrogen) atoms. The van der Waals surface area contributed by atoms with Crippen LogP contribution in [0.5, 0.6) is 0 Å². The normalized spacial score (nSPS) is 30.3. The number of hydrogen-bond donors (Lipinski definition) is 3. The van der Waals surface area contributed by atoms with Crippen LogP contribution in [0.4, 0.5) is 0 Å². The van der Waals surface area contributed by atoms with Crippen molar-refractivity contribution < 1.29 is 20.1 Å². The molecule has 154 valence electrons. The molecule has 3 rings (SSSR count). The summed E-state index contributed by atoms with van der Waals surface area (Å²) in [5.41, 5.74) is 1.41. The molecule has 0 aromatic heterocycles. The van der Waals surface area contributed by atoms with Gasteiger partial charge in [0.05, 0.1) is 17.8 Å². The molecule has 2 aliphatic rings. The first-order valence-electron chi connectivity index (χ1n) is 10.3. The van der Waals surface area contributed by atoms with Crippen molar-refractivity contribution in [3.63, 3.8) is 0 Å². The van der Waals surface area contributed by atoms with E-state index in [2.05, 4.69) is 13.0 Å². The van der Waals surface area contributed by atoms with Gasteiger partial charge in [0.15, 0.2) is 0 Å². The van der Waals surface area contributed by atoms with Gasteiger partial charge in [-0.1, -0.05) is 37.6 Å². The molecular weight excluding hydrogens is 376 g/mol. The van der Waals surface area contributed by atoms with Crippen molar-refractivity contribution in [2.24, 2.45) is 17.3 Å². The lowest BCUT2D eigenvalue weighted by Gasteiger charge is -2.42. The van der Waals surface area contributed by atoms with Crippen LogP contribution in [0.1, 0.15) is 61.4 Å². The Balaban J connectivity index is 1.57. The molecule has 3 unspecified atom stereocenters. The number of carboxylic acid groups (broad SMARTS) is 1. The molecule has 0 spiro atoms. The fourth-order valence-electron chi connectivity index (χ4n) is 4.60. The zero-order chi connectivity index (χ0) is 20.3. The van der Waals surface area contributed by atoms with Crippen molar-refractivity contribution in [1.29, 1.82) is 0 Å². The van der Waals surface area contributed by atoms with E-state index in [1.165, 1.54) is 6.42 Å². The Morgan fingerprint density at radius 2 is 2.00 bits per heavy atom. The Kier molecular flexibility index (Phi) is 6.85. The van der Waals surface area contributed by atoms with Gasteiger partial charge < -0.3 is 15.3 Å². The molecule has 4 nitrogen and oxygen atoms in total. The minimum Gasteiger partial charge on any atom is -0.478 e. The Labute approximate surface area is 172 Å². The Morgan fingerprint density at radius 1 is 1.32 bits per heavy atom. The molecule has 1 aromatic carbocycles. The molecule has 5 heteroatoms. The van der Waals surface area contributed by atoms with Gasteiger partial charge in [-0.2, -0.15) is 0 Å². The highest BCUT2D eigenvalue weighted by Crippen LogP contribution is 2.45. The second kappa shape index (κ2) is 8.98. The average molecular weight is 407 g/mol. The first-order valence-corrected chi connectivity index (χ1v) is 10.7. The number of aryl methyl sites for hydroxylation is 1. The lowest BCUT2D eigenvalue weighted by Crippen LogP contribution is -2.38. The molecule has 2 aliphatic carbocycles. The quantitative estimate of drug-likeness (QED) is 0.441. The molecule has 2 saturated carbocycles. The van der Waals surface area contributed by atoms with Crippen LogP contribution in [0.2, 0.25) is 0 Å². The van der Waals surface area contributed by atoms with E-state index in [1.54, 1.807) is 12.1 Å². The van der Waals surface area contributed by atoms with Crippen LogP contribution in [0.3, 0.4) is 0 Å². The predicted octanol–water partition coefficient (Wildman–Crippen LogP) is 4.42. The predicted molar refractivity (Wildman–Crippen MR) is 111 cm³/mol. The fourth-order valence-corrected chi connectivity index (χ4v) is 5.07. The summed E-state index contributed by atoms with van der Waals surface area (Å²) in [4.78, 5) is 11.0. The first-order chi connectivity index (χ1) is 13.3. The van der Waals surface area contributed by atoms with E-state index < -0.39 is 12.1 Å². The Morgan fingerprint density at radius 3 is 2.57 bits per heavy atom. The number of aliphatic hydroxyl groups is 2. The number of hydrogen-bond acceptors (Lipinski definition) is 3. The average Bonchev–Trinajstić information content (AvgIpc) is 2.91. The molecule has 0 amide bonds. The highest BCUT2D eigenvalue weighted by atomic mass is 35.5. The first kappa shape index (κ1) is 21.4. The van der Waals surface area contributed by atoms with Crippen molar-refractivity contribution in [2.75, 3.05) is 0 Å². The fraction of sp³-hybridized carbons (Fsp3) is 0.609. The van der Waals surface area contributed by atoms with Crippen molar-refractivity contribution in [2.45, 2.75) is 69.5 Å². The summed E-state index contributed by atoms with van der Waals surface area (Å²) in [6.07, 6.45) is 9.50. The molecule has 0 heterocycles. The molecule has 0 saturated heterocycles. The number of benzene rings is 1. The summed E-state index contributed by atoms with van der Waals surface area (Å²) in [7, 11) is 0. The van der Waals surface area contributed by atoms with Crippen molar-refractivity contribution in [1.82, 2.24) is 0 Å². The third kappa shape index (κ3) is 4.79. The van der Waals surface area contributed by atoms with E-state index >= 15 is 0 Å². The van der Waals surface area contributed by atoms with Crippen molar-refractivity contribution >= 4 is 17.6 Å². The molecule has 0 aliphatic heterocycles. The number of alkyl halides is 1. The lowest BCUT2D eigenvalue weighted by molar-refractivity contribution is -0.0177. The number of rotatable bonds is 8. The monoisotopic (exact) mass is 406 g/mol. The van der Waals surface area contributed by atoms with E-state index in [4.69, 9.17) is 16.7 Å². The summed E-state index contributed by atoms with van der Waals surface area (Å²) in [5.74, 6) is -0.750. The van der Waals surface area contributed by atoms with Gasteiger partial charge >= 0.3 is 5.97 Å². The van der Waals surface area contributed by atoms with Gasteiger partial charge in [-0.3, -0.25) is 0 Å². The van der Waals surface area contributed by atoms with Crippen LogP contribution in [0, 0.1) is 17.3 Å². The Hall–Kier alpha value is -1.36. The maximum absolute atomic E-state index is 11.0. The standard InChI is InChI=1S/C23H31ClO4/c1-23(12-3-13-23)21(26)5-2-4-18-17(19(24)14-20(18)25)11-8-15-6-9-16(10-7-15)22(27)28/h2,4,6-7,9-10,17-21,25-26H,3,5,8,11-14H2,1H3,(H,27,28)/b4-2+/t17-,18-,19?,20?,21?/m1/s1. The molecule has 0 radical (unpaired) electrons. The number of halogens is 1. The summed E-state index contributed by atoms with van der Waals surface area (Å²) in [6, 6.07) is 6.94. The molecule has 5 atom stereocenters. The minimum atomic E-state index is -0.922. The number of carbonyl (C=O) groups is 1. The number of aromatic carboxylic acids is 1. The van der Waals surface area contributed by atoms with Gasteiger partial charge in [-0.15, -0.1) is 11.6 Å². The van der Waals surface area contributed by atoms with Gasteiger partial charge in [0.1, 0.15) is 0 Å². The van der Waals surface area contributed by atoms with Crippen LogP contribution in [-0.4, -0.2) is 38.9 Å². The maximum atomic E-state index is 11.0. The summed E-state index contributed by atoms with van der Waals surface area (Å²) >= 11 is 6.53. The van der Waals surface area contributed by atoms with Crippen LogP contribution in [-0.2, 0) is 6.42 Å². The summed E-state index contributed by atoms with van der Waals surface area (Å²) in [6.45, 7) is 2.15. The largest absolute Gasteiger partial charge is 0.478 e. The van der Waals surface area contributed by atoms with Gasteiger partial charge in [-0.25, -0.2) is 4.79 Å². The molecule has 1 aromatic rings. The summed E-state index contributed by atoms with van der Waals surface area (Å²) < 4.78 is 0. The SMILES string of the molecule is CC1(C(O)C/C=C/[C@H]2C(O)CC(Cl)[C@@H]2CCc2ccc(C(=O)O)cc2)CCC1. The lowest BCUT2D eigenvalue weighted by atomic mass is 9.66. The van der Waals surface area contributed by atoms with Crippen LogP contribution in [0.15, 0.2) is 36.4 Å². The third-order valence-electron chi connectivity index (χ3n) is 6.86. The minimum absolute atomic E-state index is 0.00203. The van der Waals surface area contributed by atoms with E-state index in [1.807, 2.05) is 18.2 Å². The second-order valence-electron chi connectivity index (χ2n) is 8.79. The van der Waals surface area contributed by atoms with E-state index in [9.17, 15) is 15.0 Å².